The van der Waals surface area contributed by atoms with Gasteiger partial charge in [0, 0.05) is 77.3 Å². The van der Waals surface area contributed by atoms with Crippen LogP contribution < -0.4 is 16.7 Å². The van der Waals surface area contributed by atoms with Crippen LogP contribution in [0.25, 0.3) is 11.0 Å². The van der Waals surface area contributed by atoms with Gasteiger partial charge in [-0.25, -0.2) is 13.4 Å². The lowest BCUT2D eigenvalue weighted by Gasteiger charge is -2.36. The van der Waals surface area contributed by atoms with Gasteiger partial charge in [-0.2, -0.15) is 0 Å². The number of benzene rings is 1. The lowest BCUT2D eigenvalue weighted by molar-refractivity contribution is -0.135. The highest BCUT2D eigenvalue weighted by Gasteiger charge is 2.31. The van der Waals surface area contributed by atoms with Crippen molar-refractivity contribution in [3.8, 4) is 0 Å². The summed E-state index contributed by atoms with van der Waals surface area (Å²) in [4.78, 5) is 49.3. The van der Waals surface area contributed by atoms with Crippen molar-refractivity contribution < 1.29 is 14.4 Å². The number of carbonyl (C=O) groups is 3. The molecule has 0 aliphatic carbocycles. The van der Waals surface area contributed by atoms with E-state index in [1.165, 1.54) is 37.2 Å². The van der Waals surface area contributed by atoms with Crippen molar-refractivity contribution in [3.63, 3.8) is 0 Å². The Bertz CT molecular complexity index is 1280. The average molecular weight is 660 g/mol. The second kappa shape index (κ2) is 20.0. The van der Waals surface area contributed by atoms with Crippen molar-refractivity contribution in [2.45, 2.75) is 103 Å². The number of unbranched alkanes of at least 4 members (excludes halogenated alkanes) is 5. The van der Waals surface area contributed by atoms with Gasteiger partial charge in [-0.3, -0.25) is 24.0 Å². The van der Waals surface area contributed by atoms with Crippen molar-refractivity contribution >= 4 is 41.3 Å². The Morgan fingerprint density at radius 2 is 1.52 bits per heavy atom. The number of nitrogens with one attached hydrogen (secondary N) is 1. The zero-order valence-electron chi connectivity index (χ0n) is 28.5. The molecule has 3 aliphatic rings. The van der Waals surface area contributed by atoms with Crippen LogP contribution in [-0.2, 0) is 27.9 Å². The summed E-state index contributed by atoms with van der Waals surface area (Å²) in [6, 6.07) is 5.60. The molecule has 1 unspecified atom stereocenters. The first-order valence-electron chi connectivity index (χ1n) is 17.3. The SMILES string of the molecule is CCC.CN1CCN(SN2CCC(N)CC2)CC1.Cn1c(=O)n(C2CCC(=O)NC2=O)c2cccc(CCCCCCCC=O)c21. The molecule has 3 fully saturated rings. The van der Waals surface area contributed by atoms with E-state index in [4.69, 9.17) is 5.73 Å². The zero-order valence-corrected chi connectivity index (χ0v) is 29.4. The van der Waals surface area contributed by atoms with Gasteiger partial charge in [0.15, 0.2) is 0 Å². The lowest BCUT2D eigenvalue weighted by atomic mass is 10.0. The number of para-hydroxylation sites is 1. The molecule has 1 aromatic carbocycles. The molecule has 5 rings (SSSR count). The predicted octanol–water partition coefficient (Wildman–Crippen LogP) is 4.04. The van der Waals surface area contributed by atoms with Crippen molar-refractivity contribution in [1.29, 1.82) is 0 Å². The van der Waals surface area contributed by atoms with Crippen LogP contribution in [0.4, 0.5) is 0 Å². The molecule has 0 bridgehead atoms. The maximum absolute atomic E-state index is 12.9. The quantitative estimate of drug-likeness (QED) is 0.159. The molecule has 0 saturated carbocycles. The summed E-state index contributed by atoms with van der Waals surface area (Å²) in [5.41, 5.74) is 8.36. The minimum atomic E-state index is -0.651. The van der Waals surface area contributed by atoms with Gasteiger partial charge in [0.1, 0.15) is 12.3 Å². The highest BCUT2D eigenvalue weighted by Crippen LogP contribution is 2.26. The fourth-order valence-corrected chi connectivity index (χ4v) is 7.04. The summed E-state index contributed by atoms with van der Waals surface area (Å²) in [5, 5.41) is 2.34. The fourth-order valence-electron chi connectivity index (χ4n) is 6.02. The molecule has 2 aromatic rings. The first-order valence-corrected chi connectivity index (χ1v) is 18.0. The lowest BCUT2D eigenvalue weighted by Crippen LogP contribution is -2.44. The predicted molar refractivity (Wildman–Crippen MR) is 187 cm³/mol. The first-order chi connectivity index (χ1) is 22.2. The van der Waals surface area contributed by atoms with Gasteiger partial charge in [-0.1, -0.05) is 51.7 Å². The topological polar surface area (TPSA) is 126 Å². The Hall–Kier alpha value is -2.51. The number of nitrogens with zero attached hydrogens (tertiary/aromatic N) is 5. The number of rotatable bonds is 11. The van der Waals surface area contributed by atoms with E-state index in [1.54, 1.807) is 11.6 Å². The molecular formula is C34H57N7O4S. The molecular weight excluding hydrogens is 602 g/mol. The van der Waals surface area contributed by atoms with Crippen LogP contribution in [0, 0.1) is 0 Å². The van der Waals surface area contributed by atoms with Crippen LogP contribution in [0.3, 0.4) is 0 Å². The summed E-state index contributed by atoms with van der Waals surface area (Å²) in [5.74, 6) is -0.699. The molecule has 3 N–H and O–H groups in total. The van der Waals surface area contributed by atoms with Crippen LogP contribution in [0.5, 0.6) is 0 Å². The fraction of sp³-hybridized carbons (Fsp3) is 0.706. The molecule has 1 aromatic heterocycles. The summed E-state index contributed by atoms with van der Waals surface area (Å²) in [6.07, 6.45) is 11.8. The van der Waals surface area contributed by atoms with E-state index in [0.717, 1.165) is 87.3 Å². The van der Waals surface area contributed by atoms with E-state index < -0.39 is 11.9 Å². The molecule has 0 radical (unpaired) electrons. The second-order valence-electron chi connectivity index (χ2n) is 12.7. The van der Waals surface area contributed by atoms with Crippen molar-refractivity contribution in [2.75, 3.05) is 46.3 Å². The third kappa shape index (κ3) is 11.3. The molecule has 3 saturated heterocycles. The number of likely N-dealkylation sites (N-methyl/N-ethyl adjacent to an activating group) is 1. The number of aromatic nitrogens is 2. The van der Waals surface area contributed by atoms with E-state index >= 15 is 0 Å². The van der Waals surface area contributed by atoms with E-state index in [0.29, 0.717) is 18.9 Å². The summed E-state index contributed by atoms with van der Waals surface area (Å²) < 4.78 is 8.09. The van der Waals surface area contributed by atoms with Gasteiger partial charge in [0.05, 0.1) is 11.0 Å². The van der Waals surface area contributed by atoms with Gasteiger partial charge >= 0.3 is 5.69 Å². The first kappa shape index (κ1) is 37.9. The smallest absolute Gasteiger partial charge is 0.328 e. The number of amides is 2. The number of aryl methyl sites for hydroxylation is 2. The van der Waals surface area contributed by atoms with E-state index in [-0.39, 0.29) is 18.0 Å². The Morgan fingerprint density at radius 3 is 2.17 bits per heavy atom. The van der Waals surface area contributed by atoms with Gasteiger partial charge in [-0.05, 0) is 57.2 Å². The second-order valence-corrected chi connectivity index (χ2v) is 13.9. The van der Waals surface area contributed by atoms with Crippen LogP contribution in [0.1, 0.15) is 96.1 Å². The highest BCUT2D eigenvalue weighted by molar-refractivity contribution is 7.94. The van der Waals surface area contributed by atoms with E-state index in [2.05, 4.69) is 39.7 Å². The minimum Gasteiger partial charge on any atom is -0.328 e. The molecule has 1 atom stereocenters. The standard InChI is InChI=1S/C21H27N3O4.C10H22N4S.C3H8/c1-23-19-15(9-6-4-2-3-5-7-14-25)10-8-11-16(19)24(21(23)28)17-12-13-18(26)22-20(17)27;1-12-6-8-14(9-7-12)15-13-4-2-10(11)3-5-13;1-3-2/h8,10-11,14,17H,2-7,9,12-13H2,1H3,(H,22,26,27);10H,2-9,11H2,1H3;3H2,1-2H3. The number of nitrogens with two attached hydrogens (primary N) is 1. The Morgan fingerprint density at radius 1 is 0.891 bits per heavy atom. The largest absolute Gasteiger partial charge is 0.329 e. The van der Waals surface area contributed by atoms with Crippen molar-refractivity contribution in [1.82, 2.24) is 28.0 Å². The number of piperazine rings is 1. The monoisotopic (exact) mass is 659 g/mol. The Balaban J connectivity index is 0.000000268. The molecule has 0 spiro atoms. The molecule has 12 heteroatoms. The number of imidazole rings is 1. The van der Waals surface area contributed by atoms with Gasteiger partial charge in [0.2, 0.25) is 11.8 Å². The third-order valence-corrected chi connectivity index (χ3v) is 9.86. The summed E-state index contributed by atoms with van der Waals surface area (Å²) in [7, 11) is 3.93. The number of hydrogen-bond donors (Lipinski definition) is 2. The van der Waals surface area contributed by atoms with E-state index in [1.807, 2.05) is 30.3 Å². The normalized spacial score (nSPS) is 20.1. The van der Waals surface area contributed by atoms with Crippen LogP contribution in [-0.4, -0.2) is 93.1 Å². The number of fused-ring (bicyclic) bond motifs is 1. The number of aldehydes is 1. The number of piperidine rings is 2. The average Bonchev–Trinajstić information content (AvgIpc) is 3.29. The Kier molecular flexibility index (Phi) is 16.5. The molecule has 46 heavy (non-hydrogen) atoms. The van der Waals surface area contributed by atoms with Crippen LogP contribution >= 0.6 is 12.1 Å². The summed E-state index contributed by atoms with van der Waals surface area (Å²) in [6.45, 7) is 11.3. The van der Waals surface area contributed by atoms with Crippen LogP contribution in [0.2, 0.25) is 0 Å². The zero-order chi connectivity index (χ0) is 33.5. The van der Waals surface area contributed by atoms with Gasteiger partial charge in [-0.15, -0.1) is 0 Å². The van der Waals surface area contributed by atoms with Crippen LogP contribution in [0.15, 0.2) is 23.0 Å². The maximum Gasteiger partial charge on any atom is 0.329 e. The van der Waals surface area contributed by atoms with Crippen molar-refractivity contribution in [2.24, 2.45) is 12.8 Å². The van der Waals surface area contributed by atoms with Crippen molar-refractivity contribution in [3.05, 3.63) is 34.2 Å². The number of hydrogen-bond acceptors (Lipinski definition) is 9. The number of carbonyl (C=O) groups excluding carboxylic acids is 3. The Labute approximate surface area is 279 Å². The maximum atomic E-state index is 12.9. The highest BCUT2D eigenvalue weighted by atomic mass is 32.2. The minimum absolute atomic E-state index is 0.231. The van der Waals surface area contributed by atoms with Gasteiger partial charge < -0.3 is 15.4 Å². The summed E-state index contributed by atoms with van der Waals surface area (Å²) >= 11 is 1.93. The molecule has 11 nitrogen and oxygen atoms in total. The van der Waals surface area contributed by atoms with Gasteiger partial charge in [0.25, 0.3) is 0 Å². The molecule has 2 amide bonds. The molecule has 3 aliphatic heterocycles. The van der Waals surface area contributed by atoms with E-state index in [9.17, 15) is 19.2 Å². The number of imide groups is 1. The molecule has 4 heterocycles. The molecule has 258 valence electrons. The third-order valence-electron chi connectivity index (χ3n) is 8.67.